The van der Waals surface area contributed by atoms with Crippen molar-refractivity contribution in [3.8, 4) is 11.1 Å². The van der Waals surface area contributed by atoms with E-state index in [0.717, 1.165) is 33.5 Å². The fraction of sp³-hybridized carbons (Fsp3) is 0.269. The van der Waals surface area contributed by atoms with E-state index in [0.29, 0.717) is 25.8 Å². The van der Waals surface area contributed by atoms with Crippen LogP contribution in [0.2, 0.25) is 0 Å². The summed E-state index contributed by atoms with van der Waals surface area (Å²) in [6, 6.07) is 20.0. The number of rotatable bonds is 8. The predicted octanol–water partition coefficient (Wildman–Crippen LogP) is 5.24. The first-order valence-corrected chi connectivity index (χ1v) is 10.3. The average molecular weight is 401 g/mol. The number of carbonyl (C=O) groups excluding carboxylic acids is 2. The van der Waals surface area contributed by atoms with Crippen LogP contribution < -0.4 is 0 Å². The Bertz CT molecular complexity index is 991. The molecule has 1 heterocycles. The second-order valence-corrected chi connectivity index (χ2v) is 7.61. The van der Waals surface area contributed by atoms with Crippen molar-refractivity contribution in [2.75, 3.05) is 7.05 Å². The van der Waals surface area contributed by atoms with Crippen LogP contribution in [0.25, 0.3) is 11.1 Å². The highest BCUT2D eigenvalue weighted by molar-refractivity contribution is 5.96. The van der Waals surface area contributed by atoms with Gasteiger partial charge in [0.1, 0.15) is 0 Å². The third-order valence-electron chi connectivity index (χ3n) is 5.26. The van der Waals surface area contributed by atoms with E-state index in [-0.39, 0.29) is 11.7 Å². The number of carbonyl (C=O) groups is 2. The van der Waals surface area contributed by atoms with E-state index in [1.807, 2.05) is 75.6 Å². The molecule has 30 heavy (non-hydrogen) atoms. The molecule has 4 heteroatoms. The van der Waals surface area contributed by atoms with E-state index in [1.165, 1.54) is 0 Å². The molecule has 1 amide bonds. The molecule has 3 rings (SSSR count). The van der Waals surface area contributed by atoms with E-state index in [9.17, 15) is 9.59 Å². The number of aromatic nitrogens is 1. The SMILES string of the molecule is CCC(=O)N(C)Cc1ccc(-c2ccc(C(=O)CCc3ccc(C)nc3)cc2)cc1. The maximum Gasteiger partial charge on any atom is 0.222 e. The first kappa shape index (κ1) is 21.4. The summed E-state index contributed by atoms with van der Waals surface area (Å²) in [6.45, 7) is 4.43. The summed E-state index contributed by atoms with van der Waals surface area (Å²) in [5.74, 6) is 0.277. The van der Waals surface area contributed by atoms with Crippen LogP contribution in [0.1, 0.15) is 46.9 Å². The number of aryl methyl sites for hydroxylation is 2. The lowest BCUT2D eigenvalue weighted by atomic mass is 9.99. The van der Waals surface area contributed by atoms with Gasteiger partial charge in [0.2, 0.25) is 5.91 Å². The Kier molecular flexibility index (Phi) is 7.12. The molecule has 0 saturated heterocycles. The third kappa shape index (κ3) is 5.63. The molecule has 0 saturated carbocycles. The van der Waals surface area contributed by atoms with Crippen LogP contribution in [-0.4, -0.2) is 28.6 Å². The average Bonchev–Trinajstić information content (AvgIpc) is 2.78. The van der Waals surface area contributed by atoms with E-state index in [1.54, 1.807) is 4.90 Å². The molecule has 0 N–H and O–H groups in total. The number of hydrogen-bond acceptors (Lipinski definition) is 3. The minimum atomic E-state index is 0.137. The van der Waals surface area contributed by atoms with Gasteiger partial charge >= 0.3 is 0 Å². The molecule has 4 nitrogen and oxygen atoms in total. The number of ketones is 1. The van der Waals surface area contributed by atoms with Crippen molar-refractivity contribution in [1.29, 1.82) is 0 Å². The topological polar surface area (TPSA) is 50.3 Å². The third-order valence-corrected chi connectivity index (χ3v) is 5.26. The second-order valence-electron chi connectivity index (χ2n) is 7.61. The van der Waals surface area contributed by atoms with Crippen molar-refractivity contribution in [2.45, 2.75) is 39.7 Å². The van der Waals surface area contributed by atoms with E-state index < -0.39 is 0 Å². The highest BCUT2D eigenvalue weighted by Crippen LogP contribution is 2.21. The van der Waals surface area contributed by atoms with Crippen molar-refractivity contribution in [3.05, 3.63) is 89.2 Å². The summed E-state index contributed by atoms with van der Waals surface area (Å²) >= 11 is 0. The van der Waals surface area contributed by atoms with Crippen LogP contribution in [0.5, 0.6) is 0 Å². The first-order valence-electron chi connectivity index (χ1n) is 10.3. The molecule has 3 aromatic rings. The highest BCUT2D eigenvalue weighted by atomic mass is 16.2. The lowest BCUT2D eigenvalue weighted by molar-refractivity contribution is -0.130. The summed E-state index contributed by atoms with van der Waals surface area (Å²) < 4.78 is 0. The Hall–Kier alpha value is -3.27. The summed E-state index contributed by atoms with van der Waals surface area (Å²) in [5, 5.41) is 0. The molecule has 154 valence electrons. The minimum absolute atomic E-state index is 0.137. The van der Waals surface area contributed by atoms with Crippen LogP contribution in [-0.2, 0) is 17.8 Å². The standard InChI is InChI=1S/C26H28N2O2/c1-4-26(30)28(3)18-21-7-10-22(11-8-21)23-12-14-24(15-13-23)25(29)16-9-20-6-5-19(2)27-17-20/h5-8,10-15,17H,4,9,16,18H2,1-3H3. The van der Waals surface area contributed by atoms with Gasteiger partial charge < -0.3 is 4.90 Å². The van der Waals surface area contributed by atoms with Crippen LogP contribution >= 0.6 is 0 Å². The van der Waals surface area contributed by atoms with Gasteiger partial charge in [0.25, 0.3) is 0 Å². The molecule has 0 aliphatic carbocycles. The van der Waals surface area contributed by atoms with E-state index in [4.69, 9.17) is 0 Å². The summed E-state index contributed by atoms with van der Waals surface area (Å²) in [5.41, 5.74) is 6.05. The zero-order valence-electron chi connectivity index (χ0n) is 17.9. The highest BCUT2D eigenvalue weighted by Gasteiger charge is 2.09. The number of pyridine rings is 1. The van der Waals surface area contributed by atoms with Crippen molar-refractivity contribution >= 4 is 11.7 Å². The molecular weight excluding hydrogens is 372 g/mol. The first-order chi connectivity index (χ1) is 14.5. The largest absolute Gasteiger partial charge is 0.341 e. The second kappa shape index (κ2) is 9.97. The molecule has 0 spiro atoms. The molecular formula is C26H28N2O2. The van der Waals surface area contributed by atoms with Crippen LogP contribution in [0.3, 0.4) is 0 Å². The van der Waals surface area contributed by atoms with Crippen molar-refractivity contribution in [2.24, 2.45) is 0 Å². The van der Waals surface area contributed by atoms with Gasteiger partial charge in [0.05, 0.1) is 0 Å². The number of hydrogen-bond donors (Lipinski definition) is 0. The fourth-order valence-electron chi connectivity index (χ4n) is 3.33. The number of nitrogens with zero attached hydrogens (tertiary/aromatic N) is 2. The summed E-state index contributed by atoms with van der Waals surface area (Å²) in [6.07, 6.45) is 3.53. The van der Waals surface area contributed by atoms with E-state index in [2.05, 4.69) is 17.1 Å². The molecule has 0 radical (unpaired) electrons. The number of benzene rings is 2. The van der Waals surface area contributed by atoms with Gasteiger partial charge in [-0.25, -0.2) is 0 Å². The Morgan fingerprint density at radius 3 is 2.03 bits per heavy atom. The van der Waals surface area contributed by atoms with Gasteiger partial charge in [0, 0.05) is 43.9 Å². The molecule has 0 atom stereocenters. The quantitative estimate of drug-likeness (QED) is 0.486. The minimum Gasteiger partial charge on any atom is -0.341 e. The molecule has 0 bridgehead atoms. The van der Waals surface area contributed by atoms with Gasteiger partial charge in [-0.15, -0.1) is 0 Å². The Labute approximate surface area is 178 Å². The molecule has 0 unspecified atom stereocenters. The van der Waals surface area contributed by atoms with Gasteiger partial charge in [-0.05, 0) is 41.7 Å². The lowest BCUT2D eigenvalue weighted by Gasteiger charge is -2.16. The van der Waals surface area contributed by atoms with Crippen molar-refractivity contribution < 1.29 is 9.59 Å². The Balaban J connectivity index is 1.60. The lowest BCUT2D eigenvalue weighted by Crippen LogP contribution is -2.25. The molecule has 2 aromatic carbocycles. The Morgan fingerprint density at radius 2 is 1.47 bits per heavy atom. The van der Waals surface area contributed by atoms with Gasteiger partial charge in [-0.3, -0.25) is 14.6 Å². The fourth-order valence-corrected chi connectivity index (χ4v) is 3.33. The van der Waals surface area contributed by atoms with Crippen LogP contribution in [0.4, 0.5) is 0 Å². The van der Waals surface area contributed by atoms with Crippen LogP contribution in [0.15, 0.2) is 66.9 Å². The summed E-state index contributed by atoms with van der Waals surface area (Å²) in [4.78, 5) is 30.3. The molecule has 1 aromatic heterocycles. The van der Waals surface area contributed by atoms with Gasteiger partial charge in [-0.1, -0.05) is 61.5 Å². The normalized spacial score (nSPS) is 10.6. The smallest absolute Gasteiger partial charge is 0.222 e. The molecule has 0 fully saturated rings. The zero-order valence-corrected chi connectivity index (χ0v) is 17.9. The van der Waals surface area contributed by atoms with Crippen molar-refractivity contribution in [1.82, 2.24) is 9.88 Å². The maximum atomic E-state index is 12.5. The zero-order chi connectivity index (χ0) is 21.5. The molecule has 0 aliphatic rings. The number of Topliss-reactive ketones (excluding diaryl/α,β-unsaturated/α-hetero) is 1. The monoisotopic (exact) mass is 400 g/mol. The maximum absolute atomic E-state index is 12.5. The van der Waals surface area contributed by atoms with Crippen LogP contribution in [0, 0.1) is 6.92 Å². The van der Waals surface area contributed by atoms with E-state index >= 15 is 0 Å². The van der Waals surface area contributed by atoms with Crippen molar-refractivity contribution in [3.63, 3.8) is 0 Å². The van der Waals surface area contributed by atoms with Gasteiger partial charge in [-0.2, -0.15) is 0 Å². The number of amides is 1. The van der Waals surface area contributed by atoms with Gasteiger partial charge in [0.15, 0.2) is 5.78 Å². The Morgan fingerprint density at radius 1 is 0.867 bits per heavy atom. The summed E-state index contributed by atoms with van der Waals surface area (Å²) in [7, 11) is 1.82. The predicted molar refractivity (Wildman–Crippen MR) is 120 cm³/mol. The molecule has 0 aliphatic heterocycles.